The zero-order valence-corrected chi connectivity index (χ0v) is 48.5. The number of allylic oxidation sites excluding steroid dienone is 10. The monoisotopic (exact) mass is 1060 g/mol. The lowest BCUT2D eigenvalue weighted by Gasteiger charge is -2.21. The summed E-state index contributed by atoms with van der Waals surface area (Å²) in [4.78, 5) is 48.6. The number of rotatable bonds is 56. The largest absolute Gasteiger partial charge is 0.472 e. The summed E-state index contributed by atoms with van der Waals surface area (Å²) in [7, 11) is -4.75. The van der Waals surface area contributed by atoms with E-state index in [1.165, 1.54) is 103 Å². The van der Waals surface area contributed by atoms with Crippen molar-refractivity contribution in [2.45, 2.75) is 290 Å². The van der Waals surface area contributed by atoms with Crippen molar-refractivity contribution in [1.82, 2.24) is 0 Å². The maximum atomic E-state index is 12.9. The number of aliphatic hydroxyl groups is 1. The summed E-state index contributed by atoms with van der Waals surface area (Å²) >= 11 is 0. The molecule has 2 N–H and O–H groups in total. The van der Waals surface area contributed by atoms with Gasteiger partial charge in [0.25, 0.3) is 0 Å². The molecule has 3 atom stereocenters. The molecule has 0 aromatic carbocycles. The molecule has 0 spiro atoms. The van der Waals surface area contributed by atoms with Gasteiger partial charge < -0.3 is 24.2 Å². The molecule has 0 aliphatic carbocycles. The lowest BCUT2D eigenvalue weighted by atomic mass is 10.0. The molecule has 11 nitrogen and oxygen atoms in total. The van der Waals surface area contributed by atoms with Crippen LogP contribution in [0.5, 0.6) is 0 Å². The van der Waals surface area contributed by atoms with E-state index in [0.29, 0.717) is 19.3 Å². The summed E-state index contributed by atoms with van der Waals surface area (Å²) < 4.78 is 39.6. The fourth-order valence-corrected chi connectivity index (χ4v) is 9.13. The lowest BCUT2D eigenvalue weighted by molar-refractivity contribution is -0.161. The van der Waals surface area contributed by atoms with Crippen molar-refractivity contribution in [3.8, 4) is 0 Å². The number of aliphatic hydroxyl groups excluding tert-OH is 1. The zero-order valence-electron chi connectivity index (χ0n) is 47.6. The van der Waals surface area contributed by atoms with Gasteiger partial charge in [0.2, 0.25) is 0 Å². The average Bonchev–Trinajstić information content (AvgIpc) is 3.39. The van der Waals surface area contributed by atoms with Crippen molar-refractivity contribution >= 4 is 25.7 Å². The Labute approximate surface area is 453 Å². The van der Waals surface area contributed by atoms with Crippen molar-refractivity contribution in [2.24, 2.45) is 0 Å². The maximum absolute atomic E-state index is 12.9. The number of carbonyl (C=O) groups excluding carboxylic acids is 3. The second-order valence-corrected chi connectivity index (χ2v) is 21.6. The molecular formula is C62H111O11P. The van der Waals surface area contributed by atoms with Crippen LogP contribution in [-0.4, -0.2) is 66.5 Å². The molecule has 0 fully saturated rings. The number of unbranched alkanes of at least 4 members (excludes halogenated alkanes) is 29. The molecule has 0 aliphatic rings. The molecule has 0 saturated carbocycles. The van der Waals surface area contributed by atoms with Gasteiger partial charge in [0, 0.05) is 19.3 Å². The van der Waals surface area contributed by atoms with Crippen LogP contribution >= 0.6 is 7.82 Å². The van der Waals surface area contributed by atoms with Crippen LogP contribution in [-0.2, 0) is 42.2 Å². The second-order valence-electron chi connectivity index (χ2n) is 20.1. The smallest absolute Gasteiger partial charge is 0.462 e. The molecule has 0 aromatic heterocycles. The molecular weight excluding hydrogens is 952 g/mol. The van der Waals surface area contributed by atoms with Crippen LogP contribution in [0.3, 0.4) is 0 Å². The Morgan fingerprint density at radius 1 is 0.392 bits per heavy atom. The molecule has 0 aromatic rings. The summed E-state index contributed by atoms with van der Waals surface area (Å²) in [5.41, 5.74) is 0. The van der Waals surface area contributed by atoms with E-state index in [0.717, 1.165) is 116 Å². The number of esters is 3. The molecule has 0 amide bonds. The van der Waals surface area contributed by atoms with Crippen molar-refractivity contribution < 1.29 is 52.2 Å². The first-order valence-electron chi connectivity index (χ1n) is 30.2. The average molecular weight is 1060 g/mol. The maximum Gasteiger partial charge on any atom is 0.472 e. The van der Waals surface area contributed by atoms with E-state index < -0.39 is 57.8 Å². The third-order valence-electron chi connectivity index (χ3n) is 12.9. The molecule has 0 radical (unpaired) electrons. The molecule has 0 heterocycles. The van der Waals surface area contributed by atoms with E-state index in [1.54, 1.807) is 0 Å². The SMILES string of the molecule is CC/C=C\C/C=C\C/C=C\CCCCCCCCCC(=O)OC(COC(=O)CCCCCCCCCCCCCCC)COP(=O)(O)OCC(CO)OC(=O)CCCCCCCCC/C=C\C/C=C\CCCCC. The van der Waals surface area contributed by atoms with Crippen LogP contribution in [0, 0.1) is 0 Å². The van der Waals surface area contributed by atoms with Crippen molar-refractivity contribution in [3.05, 3.63) is 60.8 Å². The number of hydrogen-bond acceptors (Lipinski definition) is 10. The minimum absolute atomic E-state index is 0.157. The van der Waals surface area contributed by atoms with Crippen LogP contribution < -0.4 is 0 Å². The summed E-state index contributed by atoms with van der Waals surface area (Å²) in [5.74, 6) is -1.47. The summed E-state index contributed by atoms with van der Waals surface area (Å²) in [6, 6.07) is 0. The molecule has 0 bridgehead atoms. The first kappa shape index (κ1) is 71.2. The second kappa shape index (κ2) is 56.4. The Morgan fingerprint density at radius 3 is 1.11 bits per heavy atom. The van der Waals surface area contributed by atoms with Gasteiger partial charge in [-0.2, -0.15) is 0 Å². The Balaban J connectivity index is 4.69. The summed E-state index contributed by atoms with van der Waals surface area (Å²) in [5, 5.41) is 9.83. The zero-order chi connectivity index (χ0) is 54.1. The Hall–Kier alpha value is -2.82. The van der Waals surface area contributed by atoms with Crippen LogP contribution in [0.4, 0.5) is 0 Å². The van der Waals surface area contributed by atoms with E-state index in [-0.39, 0.29) is 25.9 Å². The molecule has 0 saturated heterocycles. The van der Waals surface area contributed by atoms with Gasteiger partial charge in [0.1, 0.15) is 12.7 Å². The number of ether oxygens (including phenoxy) is 3. The van der Waals surface area contributed by atoms with Gasteiger partial charge in [0.05, 0.1) is 19.8 Å². The Bertz CT molecular complexity index is 1470. The molecule has 0 rings (SSSR count). The highest BCUT2D eigenvalue weighted by Gasteiger charge is 2.28. The van der Waals surface area contributed by atoms with E-state index in [9.17, 15) is 28.9 Å². The fraction of sp³-hybridized carbons (Fsp3) is 0.790. The normalized spacial score (nSPS) is 13.7. The van der Waals surface area contributed by atoms with E-state index in [1.807, 2.05) is 0 Å². The van der Waals surface area contributed by atoms with Gasteiger partial charge in [0.15, 0.2) is 6.10 Å². The Morgan fingerprint density at radius 2 is 0.703 bits per heavy atom. The van der Waals surface area contributed by atoms with E-state index in [4.69, 9.17) is 23.3 Å². The Kier molecular flexibility index (Phi) is 54.2. The topological polar surface area (TPSA) is 155 Å². The van der Waals surface area contributed by atoms with Crippen LogP contribution in [0.2, 0.25) is 0 Å². The predicted octanol–water partition coefficient (Wildman–Crippen LogP) is 17.9. The van der Waals surface area contributed by atoms with Crippen LogP contribution in [0.25, 0.3) is 0 Å². The highest BCUT2D eigenvalue weighted by Crippen LogP contribution is 2.43. The lowest BCUT2D eigenvalue weighted by Crippen LogP contribution is -2.30. The number of phosphoric ester groups is 1. The first-order valence-corrected chi connectivity index (χ1v) is 31.7. The standard InChI is InChI=1S/C62H111O11P/c1-4-7-10-13-16-19-22-25-27-29-31-34-37-40-43-46-49-52-61(65)72-58(54-63)56-70-74(67,68)71-57-59(55-69-60(64)51-48-45-42-39-36-33-24-21-18-15-12-9-6-3)73-62(66)53-50-47-44-41-38-35-32-30-28-26-23-20-17-14-11-8-5-2/h8,11,16-17,19-20,25-28,58-59,63H,4-7,9-10,12-15,18,21-24,29-57H2,1-3H3,(H,67,68)/b11-8-,19-16-,20-17-,27-25-,28-26-. The highest BCUT2D eigenvalue weighted by molar-refractivity contribution is 7.47. The quantitative estimate of drug-likeness (QED) is 0.0197. The molecule has 0 aliphatic heterocycles. The van der Waals surface area contributed by atoms with E-state index in [2.05, 4.69) is 81.5 Å². The minimum Gasteiger partial charge on any atom is -0.462 e. The van der Waals surface area contributed by atoms with Gasteiger partial charge in [-0.1, -0.05) is 236 Å². The molecule has 430 valence electrons. The van der Waals surface area contributed by atoms with Gasteiger partial charge in [-0.15, -0.1) is 0 Å². The van der Waals surface area contributed by atoms with Gasteiger partial charge in [-0.05, 0) is 83.5 Å². The fourth-order valence-electron chi connectivity index (χ4n) is 8.34. The predicted molar refractivity (Wildman–Crippen MR) is 307 cm³/mol. The molecule has 12 heteroatoms. The molecule has 3 unspecified atom stereocenters. The summed E-state index contributed by atoms with van der Waals surface area (Å²) in [6.07, 6.45) is 61.7. The van der Waals surface area contributed by atoms with E-state index >= 15 is 0 Å². The van der Waals surface area contributed by atoms with Crippen molar-refractivity contribution in [1.29, 1.82) is 0 Å². The van der Waals surface area contributed by atoms with Crippen LogP contribution in [0.15, 0.2) is 60.8 Å². The number of hydrogen-bond donors (Lipinski definition) is 2. The van der Waals surface area contributed by atoms with Gasteiger partial charge in [-0.3, -0.25) is 23.4 Å². The third kappa shape index (κ3) is 54.0. The van der Waals surface area contributed by atoms with Crippen molar-refractivity contribution in [3.63, 3.8) is 0 Å². The van der Waals surface area contributed by atoms with Crippen LogP contribution in [0.1, 0.15) is 278 Å². The van der Waals surface area contributed by atoms with Crippen molar-refractivity contribution in [2.75, 3.05) is 26.4 Å². The molecule has 74 heavy (non-hydrogen) atoms. The van der Waals surface area contributed by atoms with Gasteiger partial charge in [-0.25, -0.2) is 4.57 Å². The first-order chi connectivity index (χ1) is 36.2. The number of carbonyl (C=O) groups is 3. The highest BCUT2D eigenvalue weighted by atomic mass is 31.2. The van der Waals surface area contributed by atoms with Gasteiger partial charge >= 0.3 is 25.7 Å². The summed E-state index contributed by atoms with van der Waals surface area (Å²) in [6.45, 7) is 4.52. The minimum atomic E-state index is -4.75. The number of phosphoric acid groups is 1. The third-order valence-corrected chi connectivity index (χ3v) is 13.9.